The van der Waals surface area contributed by atoms with Gasteiger partial charge in [-0.15, -0.1) is 0 Å². The standard InChI is InChI=1S/C14H17BrN4/c1-9-17-10(2)19(18-9)14-6-3-11(7-13(14)15)8-16-12-4-5-12/h3,6-7,12,16H,4-5,8H2,1-2H3. The molecule has 1 fully saturated rings. The predicted molar refractivity (Wildman–Crippen MR) is 78.4 cm³/mol. The average Bonchev–Trinajstić information content (AvgIpc) is 3.12. The van der Waals surface area contributed by atoms with Crippen LogP contribution in [-0.2, 0) is 6.54 Å². The summed E-state index contributed by atoms with van der Waals surface area (Å²) in [5.74, 6) is 1.70. The van der Waals surface area contributed by atoms with Crippen molar-refractivity contribution in [2.45, 2.75) is 39.3 Å². The SMILES string of the molecule is Cc1nc(C)n(-c2ccc(CNC3CC3)cc2Br)n1. The Morgan fingerprint density at radius 3 is 2.74 bits per heavy atom. The molecule has 0 aliphatic heterocycles. The number of benzene rings is 1. The summed E-state index contributed by atoms with van der Waals surface area (Å²) in [5.41, 5.74) is 2.32. The average molecular weight is 321 g/mol. The van der Waals surface area contributed by atoms with Crippen molar-refractivity contribution in [1.82, 2.24) is 20.1 Å². The Balaban J connectivity index is 1.84. The minimum absolute atomic E-state index is 0.735. The Morgan fingerprint density at radius 2 is 2.16 bits per heavy atom. The fourth-order valence-corrected chi connectivity index (χ4v) is 2.73. The number of rotatable bonds is 4. The van der Waals surface area contributed by atoms with E-state index in [4.69, 9.17) is 0 Å². The fraction of sp³-hybridized carbons (Fsp3) is 0.429. The van der Waals surface area contributed by atoms with Crippen LogP contribution in [0.15, 0.2) is 22.7 Å². The highest BCUT2D eigenvalue weighted by Gasteiger charge is 2.20. The monoisotopic (exact) mass is 320 g/mol. The van der Waals surface area contributed by atoms with Gasteiger partial charge in [0.05, 0.1) is 5.69 Å². The van der Waals surface area contributed by atoms with Crippen molar-refractivity contribution in [3.8, 4) is 5.69 Å². The normalized spacial score (nSPS) is 14.9. The van der Waals surface area contributed by atoms with Gasteiger partial charge in [-0.05, 0) is 60.3 Å². The van der Waals surface area contributed by atoms with Crippen LogP contribution in [0.3, 0.4) is 0 Å². The molecule has 2 aromatic rings. The van der Waals surface area contributed by atoms with E-state index in [-0.39, 0.29) is 0 Å². The molecule has 0 atom stereocenters. The van der Waals surface area contributed by atoms with Crippen molar-refractivity contribution in [3.63, 3.8) is 0 Å². The first-order valence-corrected chi connectivity index (χ1v) is 7.35. The second-order valence-corrected chi connectivity index (χ2v) is 5.91. The molecule has 1 saturated carbocycles. The molecule has 5 heteroatoms. The molecule has 0 amide bonds. The highest BCUT2D eigenvalue weighted by Crippen LogP contribution is 2.24. The minimum atomic E-state index is 0.735. The van der Waals surface area contributed by atoms with Crippen LogP contribution in [0, 0.1) is 13.8 Å². The predicted octanol–water partition coefficient (Wildman–Crippen LogP) is 2.90. The summed E-state index contributed by atoms with van der Waals surface area (Å²) in [7, 11) is 0. The molecular weight excluding hydrogens is 304 g/mol. The maximum atomic E-state index is 4.42. The lowest BCUT2D eigenvalue weighted by Gasteiger charge is -2.09. The maximum absolute atomic E-state index is 4.42. The highest BCUT2D eigenvalue weighted by atomic mass is 79.9. The Bertz CT molecular complexity index is 601. The van der Waals surface area contributed by atoms with Gasteiger partial charge in [0.25, 0.3) is 0 Å². The van der Waals surface area contributed by atoms with E-state index >= 15 is 0 Å². The number of hydrogen-bond acceptors (Lipinski definition) is 3. The molecule has 0 radical (unpaired) electrons. The number of nitrogens with one attached hydrogen (secondary N) is 1. The van der Waals surface area contributed by atoms with E-state index in [1.807, 2.05) is 18.5 Å². The Kier molecular flexibility index (Phi) is 3.41. The highest BCUT2D eigenvalue weighted by molar-refractivity contribution is 9.10. The first-order valence-electron chi connectivity index (χ1n) is 6.56. The first kappa shape index (κ1) is 12.8. The zero-order valence-corrected chi connectivity index (χ0v) is 12.7. The van der Waals surface area contributed by atoms with Crippen molar-refractivity contribution in [1.29, 1.82) is 0 Å². The molecule has 0 unspecified atom stereocenters. The van der Waals surface area contributed by atoms with Crippen LogP contribution in [0.5, 0.6) is 0 Å². The molecular formula is C14H17BrN4. The van der Waals surface area contributed by atoms with Gasteiger partial charge in [0.15, 0.2) is 0 Å². The van der Waals surface area contributed by atoms with Crippen molar-refractivity contribution in [3.05, 3.63) is 39.9 Å². The zero-order chi connectivity index (χ0) is 13.4. The quantitative estimate of drug-likeness (QED) is 0.941. The Hall–Kier alpha value is -1.20. The Morgan fingerprint density at radius 1 is 1.37 bits per heavy atom. The second kappa shape index (κ2) is 5.06. The smallest absolute Gasteiger partial charge is 0.148 e. The Labute approximate surface area is 121 Å². The number of nitrogens with zero attached hydrogens (tertiary/aromatic N) is 3. The van der Waals surface area contributed by atoms with Gasteiger partial charge in [0.1, 0.15) is 11.6 Å². The third-order valence-corrected chi connectivity index (χ3v) is 3.92. The lowest BCUT2D eigenvalue weighted by Crippen LogP contribution is -2.15. The van der Waals surface area contributed by atoms with Crippen LogP contribution in [0.2, 0.25) is 0 Å². The molecule has 0 bridgehead atoms. The lowest BCUT2D eigenvalue weighted by atomic mass is 10.2. The molecule has 1 aromatic heterocycles. The minimum Gasteiger partial charge on any atom is -0.310 e. The molecule has 3 rings (SSSR count). The van der Waals surface area contributed by atoms with Gasteiger partial charge in [-0.25, -0.2) is 9.67 Å². The first-order chi connectivity index (χ1) is 9.13. The van der Waals surface area contributed by atoms with E-state index in [9.17, 15) is 0 Å². The molecule has 1 heterocycles. The summed E-state index contributed by atoms with van der Waals surface area (Å²) in [6.45, 7) is 4.80. The fourth-order valence-electron chi connectivity index (χ4n) is 2.13. The van der Waals surface area contributed by atoms with Gasteiger partial charge >= 0.3 is 0 Å². The van der Waals surface area contributed by atoms with E-state index in [2.05, 4.69) is 49.5 Å². The van der Waals surface area contributed by atoms with E-state index in [1.54, 1.807) is 0 Å². The molecule has 100 valence electrons. The van der Waals surface area contributed by atoms with Gasteiger partial charge in [-0.1, -0.05) is 6.07 Å². The number of halogens is 1. The van der Waals surface area contributed by atoms with Crippen LogP contribution in [0.4, 0.5) is 0 Å². The van der Waals surface area contributed by atoms with Crippen molar-refractivity contribution in [2.24, 2.45) is 0 Å². The second-order valence-electron chi connectivity index (χ2n) is 5.06. The van der Waals surface area contributed by atoms with Crippen LogP contribution < -0.4 is 5.32 Å². The molecule has 0 saturated heterocycles. The molecule has 0 spiro atoms. The zero-order valence-electron chi connectivity index (χ0n) is 11.2. The molecule has 1 N–H and O–H groups in total. The van der Waals surface area contributed by atoms with Gasteiger partial charge < -0.3 is 5.32 Å². The third-order valence-electron chi connectivity index (χ3n) is 3.29. The van der Waals surface area contributed by atoms with Crippen LogP contribution in [-0.4, -0.2) is 20.8 Å². The summed E-state index contributed by atoms with van der Waals surface area (Å²) in [4.78, 5) is 4.34. The largest absolute Gasteiger partial charge is 0.310 e. The van der Waals surface area contributed by atoms with Crippen LogP contribution in [0.25, 0.3) is 5.69 Å². The molecule has 1 aromatic carbocycles. The summed E-state index contributed by atoms with van der Waals surface area (Å²) in [6.07, 6.45) is 2.63. The van der Waals surface area contributed by atoms with Crippen LogP contribution in [0.1, 0.15) is 30.1 Å². The van der Waals surface area contributed by atoms with Gasteiger partial charge in [0, 0.05) is 17.1 Å². The summed E-state index contributed by atoms with van der Waals surface area (Å²) < 4.78 is 2.92. The van der Waals surface area contributed by atoms with Crippen molar-refractivity contribution < 1.29 is 0 Å². The molecule has 1 aliphatic carbocycles. The topological polar surface area (TPSA) is 42.7 Å². The van der Waals surface area contributed by atoms with Crippen LogP contribution >= 0.6 is 15.9 Å². The number of hydrogen-bond donors (Lipinski definition) is 1. The van der Waals surface area contributed by atoms with Gasteiger partial charge in [-0.2, -0.15) is 5.10 Å². The van der Waals surface area contributed by atoms with E-state index in [0.717, 1.165) is 34.4 Å². The molecule has 19 heavy (non-hydrogen) atoms. The number of aromatic nitrogens is 3. The molecule has 1 aliphatic rings. The third kappa shape index (κ3) is 2.87. The van der Waals surface area contributed by atoms with Crippen molar-refractivity contribution in [2.75, 3.05) is 0 Å². The summed E-state index contributed by atoms with van der Waals surface area (Å²) in [6, 6.07) is 7.13. The molecule has 4 nitrogen and oxygen atoms in total. The lowest BCUT2D eigenvalue weighted by molar-refractivity contribution is 0.687. The summed E-state index contributed by atoms with van der Waals surface area (Å²) >= 11 is 3.63. The van der Waals surface area contributed by atoms with Gasteiger partial charge in [-0.3, -0.25) is 0 Å². The summed E-state index contributed by atoms with van der Waals surface area (Å²) in [5, 5.41) is 7.93. The van der Waals surface area contributed by atoms with E-state index in [1.165, 1.54) is 18.4 Å². The van der Waals surface area contributed by atoms with E-state index in [0.29, 0.717) is 0 Å². The van der Waals surface area contributed by atoms with Gasteiger partial charge in [0.2, 0.25) is 0 Å². The van der Waals surface area contributed by atoms with Crippen molar-refractivity contribution >= 4 is 15.9 Å². The maximum Gasteiger partial charge on any atom is 0.148 e. The number of aryl methyl sites for hydroxylation is 2. The van der Waals surface area contributed by atoms with E-state index < -0.39 is 0 Å².